The molecule has 2 aromatic carbocycles. The van der Waals surface area contributed by atoms with Gasteiger partial charge in [-0.2, -0.15) is 0 Å². The number of hydrogen-bond acceptors (Lipinski definition) is 1. The molecule has 2 aromatic rings. The second kappa shape index (κ2) is 5.36. The number of benzene rings is 2. The van der Waals surface area contributed by atoms with Crippen LogP contribution < -0.4 is 0 Å². The second-order valence-corrected chi connectivity index (χ2v) is 4.07. The molecule has 0 atom stereocenters. The van der Waals surface area contributed by atoms with Gasteiger partial charge in [0.15, 0.2) is 0 Å². The number of carboxylic acids is 1. The standard InChI is InChI=1S/C17H14O2/c1-3-12-8-7-11-14(13(12)4-2)15-9-5-6-10-16(15)17(18)19/h3-11H,1-2H2,(H,18,19). The molecule has 0 heterocycles. The summed E-state index contributed by atoms with van der Waals surface area (Å²) in [5.74, 6) is -0.936. The molecule has 2 heteroatoms. The van der Waals surface area contributed by atoms with Gasteiger partial charge in [0.2, 0.25) is 0 Å². The second-order valence-electron chi connectivity index (χ2n) is 4.07. The largest absolute Gasteiger partial charge is 0.478 e. The Balaban J connectivity index is 2.76. The van der Waals surface area contributed by atoms with Crippen molar-refractivity contribution in [1.82, 2.24) is 0 Å². The average molecular weight is 250 g/mol. The third-order valence-electron chi connectivity index (χ3n) is 3.01. The Bertz CT molecular complexity index is 654. The molecule has 94 valence electrons. The Labute approximate surface area is 112 Å². The van der Waals surface area contributed by atoms with E-state index in [0.717, 1.165) is 16.7 Å². The van der Waals surface area contributed by atoms with E-state index in [9.17, 15) is 9.90 Å². The Morgan fingerprint density at radius 3 is 2.26 bits per heavy atom. The molecule has 19 heavy (non-hydrogen) atoms. The van der Waals surface area contributed by atoms with Gasteiger partial charge in [0.05, 0.1) is 5.56 Å². The van der Waals surface area contributed by atoms with Crippen LogP contribution in [0.1, 0.15) is 21.5 Å². The Morgan fingerprint density at radius 1 is 0.947 bits per heavy atom. The summed E-state index contributed by atoms with van der Waals surface area (Å²) in [5, 5.41) is 9.27. The molecule has 0 bridgehead atoms. The lowest BCUT2D eigenvalue weighted by Crippen LogP contribution is -2.00. The Kier molecular flexibility index (Phi) is 3.62. The van der Waals surface area contributed by atoms with Crippen molar-refractivity contribution in [3.63, 3.8) is 0 Å². The van der Waals surface area contributed by atoms with E-state index < -0.39 is 5.97 Å². The first-order valence-corrected chi connectivity index (χ1v) is 5.89. The number of aromatic carboxylic acids is 1. The van der Waals surface area contributed by atoms with Crippen LogP contribution in [0.2, 0.25) is 0 Å². The third-order valence-corrected chi connectivity index (χ3v) is 3.01. The van der Waals surface area contributed by atoms with Crippen LogP contribution >= 0.6 is 0 Å². The molecule has 0 fully saturated rings. The van der Waals surface area contributed by atoms with E-state index in [-0.39, 0.29) is 5.56 Å². The first kappa shape index (κ1) is 12.8. The third kappa shape index (κ3) is 2.33. The maximum atomic E-state index is 11.3. The van der Waals surface area contributed by atoms with Crippen LogP contribution in [0.4, 0.5) is 0 Å². The van der Waals surface area contributed by atoms with E-state index in [2.05, 4.69) is 13.2 Å². The molecule has 0 spiro atoms. The molecule has 0 saturated carbocycles. The van der Waals surface area contributed by atoms with Crippen molar-refractivity contribution in [3.8, 4) is 11.1 Å². The predicted octanol–water partition coefficient (Wildman–Crippen LogP) is 4.34. The van der Waals surface area contributed by atoms with Crippen LogP contribution in [0, 0.1) is 0 Å². The predicted molar refractivity (Wildman–Crippen MR) is 79.0 cm³/mol. The van der Waals surface area contributed by atoms with Gasteiger partial charge in [0, 0.05) is 0 Å². The van der Waals surface area contributed by atoms with Gasteiger partial charge >= 0.3 is 5.97 Å². The van der Waals surface area contributed by atoms with Crippen molar-refractivity contribution >= 4 is 18.1 Å². The van der Waals surface area contributed by atoms with Gasteiger partial charge in [0.1, 0.15) is 0 Å². The number of carbonyl (C=O) groups is 1. The highest BCUT2D eigenvalue weighted by Crippen LogP contribution is 2.30. The highest BCUT2D eigenvalue weighted by Gasteiger charge is 2.13. The summed E-state index contributed by atoms with van der Waals surface area (Å²) in [5.41, 5.74) is 3.66. The molecule has 0 unspecified atom stereocenters. The maximum absolute atomic E-state index is 11.3. The van der Waals surface area contributed by atoms with Crippen molar-refractivity contribution in [2.45, 2.75) is 0 Å². The van der Waals surface area contributed by atoms with Crippen LogP contribution in [0.5, 0.6) is 0 Å². The molecule has 0 aliphatic rings. The van der Waals surface area contributed by atoms with Gasteiger partial charge in [-0.3, -0.25) is 0 Å². The van der Waals surface area contributed by atoms with Gasteiger partial charge < -0.3 is 5.11 Å². The summed E-state index contributed by atoms with van der Waals surface area (Å²) in [4.78, 5) is 11.3. The summed E-state index contributed by atoms with van der Waals surface area (Å²) in [6, 6.07) is 12.7. The molecule has 0 radical (unpaired) electrons. The van der Waals surface area contributed by atoms with Gasteiger partial charge in [-0.25, -0.2) is 4.79 Å². The van der Waals surface area contributed by atoms with Gasteiger partial charge in [0.25, 0.3) is 0 Å². The van der Waals surface area contributed by atoms with Crippen LogP contribution in [0.3, 0.4) is 0 Å². The minimum Gasteiger partial charge on any atom is -0.478 e. The van der Waals surface area contributed by atoms with Crippen LogP contribution in [-0.4, -0.2) is 11.1 Å². The molecular formula is C17H14O2. The lowest BCUT2D eigenvalue weighted by molar-refractivity contribution is 0.0697. The first-order valence-electron chi connectivity index (χ1n) is 5.89. The molecule has 0 aliphatic carbocycles. The van der Waals surface area contributed by atoms with Crippen molar-refractivity contribution in [2.75, 3.05) is 0 Å². The van der Waals surface area contributed by atoms with E-state index >= 15 is 0 Å². The normalized spacial score (nSPS) is 9.89. The van der Waals surface area contributed by atoms with Gasteiger partial charge in [-0.15, -0.1) is 0 Å². The quantitative estimate of drug-likeness (QED) is 0.876. The fourth-order valence-corrected chi connectivity index (χ4v) is 2.13. The summed E-state index contributed by atoms with van der Waals surface area (Å²) in [6.07, 6.45) is 3.47. The zero-order valence-corrected chi connectivity index (χ0v) is 10.5. The summed E-state index contributed by atoms with van der Waals surface area (Å²) >= 11 is 0. The SMILES string of the molecule is C=Cc1cccc(-c2ccccc2C(=O)O)c1C=C. The zero-order valence-electron chi connectivity index (χ0n) is 10.5. The minimum atomic E-state index is -0.936. The average Bonchev–Trinajstić information content (AvgIpc) is 2.46. The van der Waals surface area contributed by atoms with E-state index in [0.29, 0.717) is 5.56 Å². The topological polar surface area (TPSA) is 37.3 Å². The van der Waals surface area contributed by atoms with Crippen molar-refractivity contribution < 1.29 is 9.90 Å². The van der Waals surface area contributed by atoms with Gasteiger partial charge in [-0.05, 0) is 28.3 Å². The van der Waals surface area contributed by atoms with Gasteiger partial charge in [-0.1, -0.05) is 61.7 Å². The molecule has 2 rings (SSSR count). The molecule has 2 nitrogen and oxygen atoms in total. The minimum absolute atomic E-state index is 0.284. The first-order chi connectivity index (χ1) is 9.19. The maximum Gasteiger partial charge on any atom is 0.336 e. The van der Waals surface area contributed by atoms with Crippen molar-refractivity contribution in [1.29, 1.82) is 0 Å². The van der Waals surface area contributed by atoms with Crippen LogP contribution in [0.15, 0.2) is 55.6 Å². The number of rotatable bonds is 4. The van der Waals surface area contributed by atoms with E-state index in [1.54, 1.807) is 30.4 Å². The molecule has 0 aromatic heterocycles. The monoisotopic (exact) mass is 250 g/mol. The van der Waals surface area contributed by atoms with E-state index in [1.807, 2.05) is 24.3 Å². The molecule has 1 N–H and O–H groups in total. The fourth-order valence-electron chi connectivity index (χ4n) is 2.13. The molecular weight excluding hydrogens is 236 g/mol. The summed E-state index contributed by atoms with van der Waals surface area (Å²) in [6.45, 7) is 7.57. The van der Waals surface area contributed by atoms with Crippen LogP contribution in [-0.2, 0) is 0 Å². The molecule has 0 amide bonds. The summed E-state index contributed by atoms with van der Waals surface area (Å²) < 4.78 is 0. The number of hydrogen-bond donors (Lipinski definition) is 1. The summed E-state index contributed by atoms with van der Waals surface area (Å²) in [7, 11) is 0. The highest BCUT2D eigenvalue weighted by atomic mass is 16.4. The molecule has 0 saturated heterocycles. The van der Waals surface area contributed by atoms with Crippen molar-refractivity contribution in [2.24, 2.45) is 0 Å². The highest BCUT2D eigenvalue weighted by molar-refractivity contribution is 5.97. The van der Waals surface area contributed by atoms with Crippen molar-refractivity contribution in [3.05, 3.63) is 72.3 Å². The lowest BCUT2D eigenvalue weighted by Gasteiger charge is -2.11. The zero-order chi connectivity index (χ0) is 13.8. The smallest absolute Gasteiger partial charge is 0.336 e. The number of carboxylic acid groups (broad SMARTS) is 1. The van der Waals surface area contributed by atoms with E-state index in [1.165, 1.54) is 0 Å². The van der Waals surface area contributed by atoms with E-state index in [4.69, 9.17) is 0 Å². The Hall–Kier alpha value is -2.61. The lowest BCUT2D eigenvalue weighted by atomic mass is 9.92. The molecule has 0 aliphatic heterocycles. The fraction of sp³-hybridized carbons (Fsp3) is 0. The van der Waals surface area contributed by atoms with Crippen LogP contribution in [0.25, 0.3) is 23.3 Å². The Morgan fingerprint density at radius 2 is 1.63 bits per heavy atom.